The molecule has 2 rings (SSSR count). The molecule has 0 bridgehead atoms. The minimum absolute atomic E-state index is 0.0275. The zero-order valence-electron chi connectivity index (χ0n) is 11.2. The van der Waals surface area contributed by atoms with Gasteiger partial charge in [0.25, 0.3) is 0 Å². The van der Waals surface area contributed by atoms with Crippen molar-refractivity contribution >= 4 is 52.3 Å². The lowest BCUT2D eigenvalue weighted by Gasteiger charge is -2.12. The molecule has 0 aliphatic heterocycles. The molecule has 1 heterocycles. The van der Waals surface area contributed by atoms with Gasteiger partial charge in [0, 0.05) is 28.0 Å². The Kier molecular flexibility index (Phi) is 4.57. The van der Waals surface area contributed by atoms with Crippen molar-refractivity contribution in [3.8, 4) is 0 Å². The second-order valence-corrected chi connectivity index (χ2v) is 7.65. The summed E-state index contributed by atoms with van der Waals surface area (Å²) in [6.45, 7) is 6.20. The van der Waals surface area contributed by atoms with Crippen molar-refractivity contribution in [2.45, 2.75) is 25.5 Å². The maximum absolute atomic E-state index is 13.4. The van der Waals surface area contributed by atoms with E-state index in [1.165, 1.54) is 24.1 Å². The summed E-state index contributed by atoms with van der Waals surface area (Å²) in [7, 11) is 0. The fourth-order valence-corrected chi connectivity index (χ4v) is 2.34. The summed E-state index contributed by atoms with van der Waals surface area (Å²) in [5.74, 6) is -0.507. The molecule has 0 fully saturated rings. The molecule has 0 radical (unpaired) electrons. The van der Waals surface area contributed by atoms with Crippen molar-refractivity contribution in [3.63, 3.8) is 0 Å². The van der Waals surface area contributed by atoms with Gasteiger partial charge in [0.2, 0.25) is 0 Å². The van der Waals surface area contributed by atoms with Crippen molar-refractivity contribution in [2.24, 2.45) is 4.40 Å². The van der Waals surface area contributed by atoms with Gasteiger partial charge >= 0.3 is 0 Å². The van der Waals surface area contributed by atoms with Gasteiger partial charge in [-0.1, -0.05) is 23.2 Å². The van der Waals surface area contributed by atoms with Gasteiger partial charge in [0.1, 0.15) is 11.0 Å². The Morgan fingerprint density at radius 2 is 1.95 bits per heavy atom. The standard InChI is InChI=1S/C14H13Cl2FN2S/c1-14(2,3)20-18-7-9-4-8-5-10(15)11(17)6-12(8)19-13(9)16/h4-7H,1-3H3/b18-7+. The first kappa shape index (κ1) is 15.5. The summed E-state index contributed by atoms with van der Waals surface area (Å²) in [4.78, 5) is 4.16. The molecular formula is C14H13Cl2FN2S. The molecule has 0 aliphatic rings. The van der Waals surface area contributed by atoms with Gasteiger partial charge in [-0.05, 0) is 44.9 Å². The Balaban J connectivity index is 2.40. The lowest BCUT2D eigenvalue weighted by Crippen LogP contribution is -2.05. The molecule has 0 saturated carbocycles. The highest BCUT2D eigenvalue weighted by atomic mass is 35.5. The lowest BCUT2D eigenvalue weighted by molar-refractivity contribution is 0.630. The van der Waals surface area contributed by atoms with Crippen LogP contribution in [-0.2, 0) is 0 Å². The predicted molar refractivity (Wildman–Crippen MR) is 86.7 cm³/mol. The first-order chi connectivity index (χ1) is 9.26. The first-order valence-electron chi connectivity index (χ1n) is 5.93. The molecule has 2 aromatic rings. The first-order valence-corrected chi connectivity index (χ1v) is 7.46. The molecule has 0 unspecified atom stereocenters. The molecule has 0 amide bonds. The Morgan fingerprint density at radius 1 is 1.25 bits per heavy atom. The highest BCUT2D eigenvalue weighted by molar-refractivity contribution is 7.99. The normalized spacial score (nSPS) is 12.5. The summed E-state index contributed by atoms with van der Waals surface area (Å²) in [5, 5.41) is 1.08. The van der Waals surface area contributed by atoms with E-state index in [2.05, 4.69) is 30.2 Å². The second kappa shape index (κ2) is 5.88. The molecule has 20 heavy (non-hydrogen) atoms. The van der Waals surface area contributed by atoms with E-state index in [-0.39, 0.29) is 14.9 Å². The molecule has 0 spiro atoms. The summed E-state index contributed by atoms with van der Waals surface area (Å²) in [6.07, 6.45) is 1.65. The van der Waals surface area contributed by atoms with Gasteiger partial charge in [-0.25, -0.2) is 13.8 Å². The van der Waals surface area contributed by atoms with Crippen LogP contribution in [0.4, 0.5) is 4.39 Å². The summed E-state index contributed by atoms with van der Waals surface area (Å²) in [6, 6.07) is 4.60. The number of pyridine rings is 1. The van der Waals surface area contributed by atoms with Crippen LogP contribution < -0.4 is 0 Å². The van der Waals surface area contributed by atoms with Gasteiger partial charge in [-0.3, -0.25) is 0 Å². The van der Waals surface area contributed by atoms with Crippen LogP contribution in [0.25, 0.3) is 10.9 Å². The number of aromatic nitrogens is 1. The quantitative estimate of drug-likeness (QED) is 0.410. The van der Waals surface area contributed by atoms with Gasteiger partial charge in [-0.15, -0.1) is 0 Å². The third-order valence-electron chi connectivity index (χ3n) is 2.36. The van der Waals surface area contributed by atoms with Crippen LogP contribution in [0.1, 0.15) is 26.3 Å². The van der Waals surface area contributed by atoms with Gasteiger partial charge in [0.05, 0.1) is 10.5 Å². The number of rotatable bonds is 2. The minimum atomic E-state index is -0.507. The number of nitrogens with zero attached hydrogens (tertiary/aromatic N) is 2. The number of benzene rings is 1. The van der Waals surface area contributed by atoms with Gasteiger partial charge in [0.15, 0.2) is 0 Å². The number of fused-ring (bicyclic) bond motifs is 1. The van der Waals surface area contributed by atoms with E-state index in [1.54, 1.807) is 12.3 Å². The van der Waals surface area contributed by atoms with Crippen LogP contribution in [0.3, 0.4) is 0 Å². The average molecular weight is 331 g/mol. The Hall–Kier alpha value is -0.840. The Bertz CT molecular complexity index is 681. The fraction of sp³-hybridized carbons (Fsp3) is 0.286. The average Bonchev–Trinajstić information content (AvgIpc) is 2.31. The van der Waals surface area contributed by atoms with E-state index < -0.39 is 5.82 Å². The molecular weight excluding hydrogens is 318 g/mol. The SMILES string of the molecule is CC(C)(C)S/N=C/c1cc2cc(Cl)c(F)cc2nc1Cl. The van der Waals surface area contributed by atoms with Crippen molar-refractivity contribution in [1.82, 2.24) is 4.98 Å². The summed E-state index contributed by atoms with van der Waals surface area (Å²) in [5.41, 5.74) is 1.15. The topological polar surface area (TPSA) is 25.2 Å². The lowest BCUT2D eigenvalue weighted by atomic mass is 10.1. The van der Waals surface area contributed by atoms with E-state index in [0.717, 1.165) is 5.39 Å². The summed E-state index contributed by atoms with van der Waals surface area (Å²) < 4.78 is 17.7. The molecule has 106 valence electrons. The molecule has 0 aliphatic carbocycles. The fourth-order valence-electron chi connectivity index (χ4n) is 1.49. The molecule has 0 saturated heterocycles. The van der Waals surface area contributed by atoms with Crippen LogP contribution in [0, 0.1) is 5.82 Å². The largest absolute Gasteiger partial charge is 0.235 e. The van der Waals surface area contributed by atoms with Crippen molar-refractivity contribution in [1.29, 1.82) is 0 Å². The monoisotopic (exact) mass is 330 g/mol. The van der Waals surface area contributed by atoms with Crippen LogP contribution in [0.2, 0.25) is 10.2 Å². The van der Waals surface area contributed by atoms with Crippen LogP contribution in [0.5, 0.6) is 0 Å². The zero-order chi connectivity index (χ0) is 14.9. The summed E-state index contributed by atoms with van der Waals surface area (Å²) >= 11 is 13.3. The number of hydrogen-bond donors (Lipinski definition) is 0. The van der Waals surface area contributed by atoms with E-state index >= 15 is 0 Å². The molecule has 6 heteroatoms. The number of halogens is 3. The molecule has 2 nitrogen and oxygen atoms in total. The third kappa shape index (κ3) is 3.84. The predicted octanol–water partition coefficient (Wildman–Crippen LogP) is 5.55. The maximum atomic E-state index is 13.4. The number of hydrogen-bond acceptors (Lipinski definition) is 3. The van der Waals surface area contributed by atoms with E-state index in [4.69, 9.17) is 23.2 Å². The highest BCUT2D eigenvalue weighted by Crippen LogP contribution is 2.27. The Morgan fingerprint density at radius 3 is 2.60 bits per heavy atom. The van der Waals surface area contributed by atoms with E-state index in [1.807, 2.05) is 0 Å². The highest BCUT2D eigenvalue weighted by Gasteiger charge is 2.10. The van der Waals surface area contributed by atoms with Crippen LogP contribution >= 0.6 is 35.1 Å². The van der Waals surface area contributed by atoms with Gasteiger partial charge < -0.3 is 0 Å². The second-order valence-electron chi connectivity index (χ2n) is 5.27. The maximum Gasteiger partial charge on any atom is 0.143 e. The van der Waals surface area contributed by atoms with Crippen LogP contribution in [0.15, 0.2) is 22.6 Å². The zero-order valence-corrected chi connectivity index (χ0v) is 13.6. The van der Waals surface area contributed by atoms with E-state index in [9.17, 15) is 4.39 Å². The van der Waals surface area contributed by atoms with Gasteiger partial charge in [-0.2, -0.15) is 0 Å². The molecule has 0 atom stereocenters. The third-order valence-corrected chi connectivity index (χ3v) is 3.71. The van der Waals surface area contributed by atoms with E-state index in [0.29, 0.717) is 11.1 Å². The minimum Gasteiger partial charge on any atom is -0.235 e. The Labute approximate surface area is 131 Å². The molecule has 1 aromatic carbocycles. The molecule has 0 N–H and O–H groups in total. The van der Waals surface area contributed by atoms with Crippen molar-refractivity contribution < 1.29 is 4.39 Å². The van der Waals surface area contributed by atoms with Crippen molar-refractivity contribution in [3.05, 3.63) is 39.8 Å². The van der Waals surface area contributed by atoms with Crippen molar-refractivity contribution in [2.75, 3.05) is 0 Å². The van der Waals surface area contributed by atoms with Crippen LogP contribution in [-0.4, -0.2) is 15.9 Å². The molecule has 1 aromatic heterocycles. The smallest absolute Gasteiger partial charge is 0.143 e.